The first kappa shape index (κ1) is 23.8. The maximum atomic E-state index is 13.4. The minimum absolute atomic E-state index is 0.0493. The summed E-state index contributed by atoms with van der Waals surface area (Å²) in [6, 6.07) is 16.9. The fraction of sp³-hybridized carbons (Fsp3) is 0.167. The number of non-ortho nitro benzene ring substituents is 1. The monoisotopic (exact) mass is 467 g/mol. The Hall–Kier alpha value is -3.85. The first-order chi connectivity index (χ1) is 15.6. The van der Waals surface area contributed by atoms with Gasteiger partial charge in [-0.2, -0.15) is 0 Å². The number of rotatable bonds is 9. The SMILES string of the molecule is COc1cccc(C(=O)[C@H](CC(=O)c2cccc([N+](=O)[O-])c2)S(=O)(=O)c2ccc(C)cc2)c1. The molecule has 170 valence electrons. The van der Waals surface area contributed by atoms with Crippen LogP contribution >= 0.6 is 0 Å². The normalized spacial score (nSPS) is 12.1. The molecule has 0 spiro atoms. The van der Waals surface area contributed by atoms with Gasteiger partial charge in [0.2, 0.25) is 0 Å². The lowest BCUT2D eigenvalue weighted by Gasteiger charge is -2.17. The summed E-state index contributed by atoms with van der Waals surface area (Å²) >= 11 is 0. The third-order valence-electron chi connectivity index (χ3n) is 5.12. The lowest BCUT2D eigenvalue weighted by molar-refractivity contribution is -0.384. The number of carbonyl (C=O) groups excluding carboxylic acids is 2. The molecule has 0 N–H and O–H groups in total. The van der Waals surface area contributed by atoms with E-state index in [1.165, 1.54) is 49.6 Å². The number of benzene rings is 3. The van der Waals surface area contributed by atoms with Gasteiger partial charge in [0.05, 0.1) is 16.9 Å². The van der Waals surface area contributed by atoms with Crippen LogP contribution < -0.4 is 4.74 Å². The van der Waals surface area contributed by atoms with E-state index >= 15 is 0 Å². The molecule has 0 aromatic heterocycles. The van der Waals surface area contributed by atoms with Gasteiger partial charge in [0.15, 0.2) is 21.4 Å². The third-order valence-corrected chi connectivity index (χ3v) is 7.18. The fourth-order valence-corrected chi connectivity index (χ4v) is 4.91. The van der Waals surface area contributed by atoms with Crippen molar-refractivity contribution < 1.29 is 27.7 Å². The number of Topliss-reactive ketones (excluding diaryl/α,β-unsaturated/α-hetero) is 2. The maximum Gasteiger partial charge on any atom is 0.270 e. The van der Waals surface area contributed by atoms with Crippen LogP contribution in [-0.2, 0) is 9.84 Å². The van der Waals surface area contributed by atoms with Crippen molar-refractivity contribution in [1.29, 1.82) is 0 Å². The van der Waals surface area contributed by atoms with E-state index in [1.807, 2.05) is 0 Å². The van der Waals surface area contributed by atoms with E-state index in [1.54, 1.807) is 31.2 Å². The molecule has 0 saturated carbocycles. The lowest BCUT2D eigenvalue weighted by atomic mass is 10.0. The molecule has 0 heterocycles. The van der Waals surface area contributed by atoms with Gasteiger partial charge in [0.1, 0.15) is 11.0 Å². The largest absolute Gasteiger partial charge is 0.497 e. The number of nitro groups is 1. The molecule has 0 aliphatic carbocycles. The molecule has 0 aliphatic rings. The Balaban J connectivity index is 2.05. The summed E-state index contributed by atoms with van der Waals surface area (Å²) in [5.74, 6) is -1.11. The quantitative estimate of drug-likeness (QED) is 0.262. The van der Waals surface area contributed by atoms with Crippen molar-refractivity contribution in [1.82, 2.24) is 0 Å². The fourth-order valence-electron chi connectivity index (χ4n) is 3.28. The van der Waals surface area contributed by atoms with Gasteiger partial charge in [-0.1, -0.05) is 42.0 Å². The molecule has 0 saturated heterocycles. The molecule has 0 aliphatic heterocycles. The molecule has 1 atom stereocenters. The third kappa shape index (κ3) is 5.32. The molecule has 0 radical (unpaired) electrons. The van der Waals surface area contributed by atoms with E-state index in [-0.39, 0.29) is 21.7 Å². The number of methoxy groups -OCH3 is 1. The van der Waals surface area contributed by atoms with Crippen LogP contribution in [0.25, 0.3) is 0 Å². The van der Waals surface area contributed by atoms with Gasteiger partial charge in [-0.25, -0.2) is 8.42 Å². The molecule has 8 nitrogen and oxygen atoms in total. The minimum Gasteiger partial charge on any atom is -0.497 e. The van der Waals surface area contributed by atoms with E-state index < -0.39 is 38.0 Å². The molecule has 33 heavy (non-hydrogen) atoms. The Kier molecular flexibility index (Phi) is 7.03. The van der Waals surface area contributed by atoms with Crippen molar-refractivity contribution in [2.75, 3.05) is 7.11 Å². The van der Waals surface area contributed by atoms with Gasteiger partial charge in [-0.3, -0.25) is 19.7 Å². The highest BCUT2D eigenvalue weighted by Gasteiger charge is 2.37. The van der Waals surface area contributed by atoms with Crippen molar-refractivity contribution in [2.45, 2.75) is 23.5 Å². The highest BCUT2D eigenvalue weighted by molar-refractivity contribution is 7.92. The van der Waals surface area contributed by atoms with Gasteiger partial charge >= 0.3 is 0 Å². The Bertz CT molecular complexity index is 1310. The predicted molar refractivity (Wildman–Crippen MR) is 122 cm³/mol. The van der Waals surface area contributed by atoms with Crippen LogP contribution in [0, 0.1) is 17.0 Å². The first-order valence-electron chi connectivity index (χ1n) is 9.90. The highest BCUT2D eigenvalue weighted by atomic mass is 32.2. The molecule has 3 aromatic carbocycles. The van der Waals surface area contributed by atoms with Crippen molar-refractivity contribution in [3.63, 3.8) is 0 Å². The van der Waals surface area contributed by atoms with Crippen LogP contribution in [0.15, 0.2) is 77.7 Å². The second-order valence-corrected chi connectivity index (χ2v) is 9.51. The van der Waals surface area contributed by atoms with E-state index in [9.17, 15) is 28.1 Å². The summed E-state index contributed by atoms with van der Waals surface area (Å²) in [6.07, 6.45) is -0.673. The minimum atomic E-state index is -4.26. The second kappa shape index (κ2) is 9.74. The van der Waals surface area contributed by atoms with Gasteiger partial charge in [-0.05, 0) is 31.2 Å². The van der Waals surface area contributed by atoms with Crippen LogP contribution in [-0.4, -0.2) is 37.3 Å². The molecule has 3 aromatic rings. The zero-order chi connectivity index (χ0) is 24.2. The predicted octanol–water partition coefficient (Wildman–Crippen LogP) is 4.21. The molecule has 0 unspecified atom stereocenters. The molecule has 0 amide bonds. The summed E-state index contributed by atoms with van der Waals surface area (Å²) in [7, 11) is -2.85. The van der Waals surface area contributed by atoms with Gasteiger partial charge < -0.3 is 4.74 Å². The van der Waals surface area contributed by atoms with Crippen molar-refractivity contribution in [3.05, 3.63) is 99.6 Å². The number of hydrogen-bond acceptors (Lipinski definition) is 7. The summed E-state index contributed by atoms with van der Waals surface area (Å²) in [6.45, 7) is 1.79. The van der Waals surface area contributed by atoms with Crippen molar-refractivity contribution in [2.24, 2.45) is 0 Å². The van der Waals surface area contributed by atoms with E-state index in [2.05, 4.69) is 0 Å². The van der Waals surface area contributed by atoms with Crippen LogP contribution in [0.4, 0.5) is 5.69 Å². The molecule has 0 bridgehead atoms. The number of nitro benzene ring substituents is 1. The van der Waals surface area contributed by atoms with Crippen LogP contribution in [0.5, 0.6) is 5.75 Å². The lowest BCUT2D eigenvalue weighted by Crippen LogP contribution is -2.33. The zero-order valence-corrected chi connectivity index (χ0v) is 18.7. The molecule has 0 fully saturated rings. The van der Waals surface area contributed by atoms with E-state index in [0.29, 0.717) is 5.75 Å². The Morgan fingerprint density at radius 3 is 2.24 bits per heavy atom. The number of aryl methyl sites for hydroxylation is 1. The molecule has 9 heteroatoms. The number of hydrogen-bond donors (Lipinski definition) is 0. The van der Waals surface area contributed by atoms with Crippen molar-refractivity contribution in [3.8, 4) is 5.75 Å². The Morgan fingerprint density at radius 1 is 0.970 bits per heavy atom. The molecular formula is C24H21NO7S. The number of ketones is 2. The second-order valence-electron chi connectivity index (χ2n) is 7.38. The highest BCUT2D eigenvalue weighted by Crippen LogP contribution is 2.26. The summed E-state index contributed by atoms with van der Waals surface area (Å²) in [4.78, 5) is 36.6. The number of ether oxygens (including phenoxy) is 1. The average Bonchev–Trinajstić information content (AvgIpc) is 2.82. The van der Waals surface area contributed by atoms with Gasteiger partial charge in [-0.15, -0.1) is 0 Å². The molecule has 3 rings (SSSR count). The number of carbonyl (C=O) groups is 2. The van der Waals surface area contributed by atoms with Gasteiger partial charge in [0, 0.05) is 29.7 Å². The number of sulfone groups is 1. The van der Waals surface area contributed by atoms with Gasteiger partial charge in [0.25, 0.3) is 5.69 Å². The van der Waals surface area contributed by atoms with E-state index in [0.717, 1.165) is 11.6 Å². The maximum absolute atomic E-state index is 13.4. The first-order valence-corrected chi connectivity index (χ1v) is 11.4. The van der Waals surface area contributed by atoms with E-state index in [4.69, 9.17) is 4.74 Å². The smallest absolute Gasteiger partial charge is 0.270 e. The van der Waals surface area contributed by atoms with Crippen molar-refractivity contribution >= 4 is 27.1 Å². The molecular weight excluding hydrogens is 446 g/mol. The standard InChI is InChI=1S/C24H21NO7S/c1-16-9-11-21(12-10-16)33(30,31)23(24(27)18-6-4-8-20(14-18)32-2)15-22(26)17-5-3-7-19(13-17)25(28)29/h3-14,23H,15H2,1-2H3/t23-/m0/s1. The zero-order valence-electron chi connectivity index (χ0n) is 17.9. The number of nitrogens with zero attached hydrogens (tertiary/aromatic N) is 1. The Morgan fingerprint density at radius 2 is 1.61 bits per heavy atom. The van der Waals surface area contributed by atoms with Crippen LogP contribution in [0.1, 0.15) is 32.7 Å². The summed E-state index contributed by atoms with van der Waals surface area (Å²) < 4.78 is 32.0. The Labute approximate surface area is 190 Å². The summed E-state index contributed by atoms with van der Waals surface area (Å²) in [5.41, 5.74) is 0.545. The average molecular weight is 467 g/mol. The topological polar surface area (TPSA) is 121 Å². The van der Waals surface area contributed by atoms with Crippen LogP contribution in [0.2, 0.25) is 0 Å². The summed E-state index contributed by atoms with van der Waals surface area (Å²) in [5, 5.41) is 9.33. The van der Waals surface area contributed by atoms with Crippen LogP contribution in [0.3, 0.4) is 0 Å².